The van der Waals surface area contributed by atoms with E-state index in [9.17, 15) is 5.11 Å². The van der Waals surface area contributed by atoms with Crippen LogP contribution in [0.3, 0.4) is 0 Å². The first-order chi connectivity index (χ1) is 8.08. The summed E-state index contributed by atoms with van der Waals surface area (Å²) in [6, 6.07) is 4.17. The van der Waals surface area contributed by atoms with Gasteiger partial charge in [-0.2, -0.15) is 0 Å². The highest BCUT2D eigenvalue weighted by atomic mass is 16.5. The Bertz CT molecular complexity index is 403. The van der Waals surface area contributed by atoms with Gasteiger partial charge in [-0.3, -0.25) is 0 Å². The lowest BCUT2D eigenvalue weighted by Crippen LogP contribution is -2.50. The van der Waals surface area contributed by atoms with E-state index in [1.54, 1.807) is 0 Å². The van der Waals surface area contributed by atoms with Crippen molar-refractivity contribution in [2.75, 3.05) is 26.4 Å². The van der Waals surface area contributed by atoms with E-state index in [2.05, 4.69) is 26.0 Å². The van der Waals surface area contributed by atoms with Crippen molar-refractivity contribution in [2.45, 2.75) is 20.8 Å². The number of benzene rings is 1. The normalized spacial score (nSPS) is 17.6. The van der Waals surface area contributed by atoms with E-state index in [1.165, 1.54) is 11.1 Å². The van der Waals surface area contributed by atoms with Crippen molar-refractivity contribution in [2.24, 2.45) is 5.41 Å². The molecule has 1 aromatic carbocycles. The highest BCUT2D eigenvalue weighted by molar-refractivity contribution is 5.44. The molecule has 2 rings (SSSR count). The Hall–Kier alpha value is -1.06. The molecule has 1 aliphatic heterocycles. The topological polar surface area (TPSA) is 38.7 Å². The fraction of sp³-hybridized carbons (Fsp3) is 0.571. The van der Waals surface area contributed by atoms with Crippen LogP contribution >= 0.6 is 0 Å². The molecule has 1 aromatic rings. The van der Waals surface area contributed by atoms with Crippen LogP contribution < -0.4 is 4.74 Å². The molecule has 0 unspecified atom stereocenters. The molecule has 1 N–H and O–H groups in total. The highest BCUT2D eigenvalue weighted by Gasteiger charge is 2.39. The molecule has 94 valence electrons. The van der Waals surface area contributed by atoms with Gasteiger partial charge < -0.3 is 14.6 Å². The summed E-state index contributed by atoms with van der Waals surface area (Å²) in [4.78, 5) is 0. The van der Waals surface area contributed by atoms with Gasteiger partial charge in [0.05, 0.1) is 25.2 Å². The fourth-order valence-electron chi connectivity index (χ4n) is 1.98. The second-order valence-corrected chi connectivity index (χ2v) is 5.09. The molecule has 1 aliphatic rings. The van der Waals surface area contributed by atoms with Crippen LogP contribution in [0.5, 0.6) is 5.75 Å². The van der Waals surface area contributed by atoms with Crippen molar-refractivity contribution in [3.05, 3.63) is 28.8 Å². The zero-order valence-corrected chi connectivity index (χ0v) is 10.7. The lowest BCUT2D eigenvalue weighted by Gasteiger charge is -2.39. The standard InChI is InChI=1S/C14H20O3/c1-10-4-5-11(2)13(12(10)3)17-9-14(6-15)7-16-8-14/h4-5,15H,6-9H2,1-3H3. The van der Waals surface area contributed by atoms with E-state index >= 15 is 0 Å². The molecule has 0 amide bonds. The van der Waals surface area contributed by atoms with E-state index < -0.39 is 0 Å². The minimum Gasteiger partial charge on any atom is -0.492 e. The van der Waals surface area contributed by atoms with Crippen LogP contribution in [0, 0.1) is 26.2 Å². The Morgan fingerprint density at radius 3 is 2.41 bits per heavy atom. The molecule has 0 radical (unpaired) electrons. The fourth-order valence-corrected chi connectivity index (χ4v) is 1.98. The van der Waals surface area contributed by atoms with E-state index in [-0.39, 0.29) is 12.0 Å². The largest absolute Gasteiger partial charge is 0.492 e. The molecule has 1 fully saturated rings. The van der Waals surface area contributed by atoms with Crippen molar-refractivity contribution < 1.29 is 14.6 Å². The minimum absolute atomic E-state index is 0.122. The van der Waals surface area contributed by atoms with Crippen molar-refractivity contribution in [1.82, 2.24) is 0 Å². The molecule has 0 spiro atoms. The van der Waals surface area contributed by atoms with Crippen molar-refractivity contribution in [1.29, 1.82) is 0 Å². The van der Waals surface area contributed by atoms with Gasteiger partial charge in [-0.1, -0.05) is 12.1 Å². The summed E-state index contributed by atoms with van der Waals surface area (Å²) in [6.45, 7) is 8.02. The van der Waals surface area contributed by atoms with Crippen molar-refractivity contribution in [3.8, 4) is 5.75 Å². The van der Waals surface area contributed by atoms with Crippen LogP contribution in [-0.4, -0.2) is 31.5 Å². The first-order valence-electron chi connectivity index (χ1n) is 5.96. The average molecular weight is 236 g/mol. The van der Waals surface area contributed by atoms with Gasteiger partial charge in [-0.25, -0.2) is 0 Å². The molecule has 1 heterocycles. The van der Waals surface area contributed by atoms with E-state index in [4.69, 9.17) is 9.47 Å². The molecule has 0 aliphatic carbocycles. The molecular formula is C14H20O3. The van der Waals surface area contributed by atoms with Crippen molar-refractivity contribution in [3.63, 3.8) is 0 Å². The number of hydrogen-bond acceptors (Lipinski definition) is 3. The Kier molecular flexibility index (Phi) is 3.40. The number of aliphatic hydroxyl groups excluding tert-OH is 1. The maximum absolute atomic E-state index is 9.35. The van der Waals surface area contributed by atoms with E-state index in [1.807, 2.05) is 6.92 Å². The number of hydrogen-bond donors (Lipinski definition) is 1. The number of rotatable bonds is 4. The monoisotopic (exact) mass is 236 g/mol. The first-order valence-corrected chi connectivity index (χ1v) is 5.96. The summed E-state index contributed by atoms with van der Waals surface area (Å²) in [6.07, 6.45) is 0. The Morgan fingerprint density at radius 1 is 1.24 bits per heavy atom. The van der Waals surface area contributed by atoms with Gasteiger partial charge in [-0.05, 0) is 37.5 Å². The lowest BCUT2D eigenvalue weighted by molar-refractivity contribution is -0.153. The van der Waals surface area contributed by atoms with Crippen molar-refractivity contribution >= 4 is 0 Å². The van der Waals surface area contributed by atoms with Crippen LogP contribution in [-0.2, 0) is 4.74 Å². The first kappa shape index (κ1) is 12.4. The van der Waals surface area contributed by atoms with Gasteiger partial charge in [0, 0.05) is 0 Å². The summed E-state index contributed by atoms with van der Waals surface area (Å²) < 4.78 is 11.1. The van der Waals surface area contributed by atoms with E-state index in [0.29, 0.717) is 19.8 Å². The second kappa shape index (κ2) is 4.67. The number of ether oxygens (including phenoxy) is 2. The third-order valence-electron chi connectivity index (χ3n) is 3.55. The summed E-state index contributed by atoms with van der Waals surface area (Å²) in [5.41, 5.74) is 3.36. The van der Waals surface area contributed by atoms with Crippen LogP contribution in [0.25, 0.3) is 0 Å². The third kappa shape index (κ3) is 2.31. The molecule has 0 aromatic heterocycles. The predicted octanol–water partition coefficient (Wildman–Crippen LogP) is 2.00. The Morgan fingerprint density at radius 2 is 1.88 bits per heavy atom. The Balaban J connectivity index is 2.11. The number of aliphatic hydroxyl groups is 1. The highest BCUT2D eigenvalue weighted by Crippen LogP contribution is 2.31. The van der Waals surface area contributed by atoms with E-state index in [0.717, 1.165) is 11.3 Å². The molecule has 0 bridgehead atoms. The van der Waals surface area contributed by atoms with Crippen LogP contribution in [0.4, 0.5) is 0 Å². The summed E-state index contributed by atoms with van der Waals surface area (Å²) in [7, 11) is 0. The van der Waals surface area contributed by atoms with Gasteiger partial charge in [0.25, 0.3) is 0 Å². The minimum atomic E-state index is -0.192. The van der Waals surface area contributed by atoms with Gasteiger partial charge >= 0.3 is 0 Å². The SMILES string of the molecule is Cc1ccc(C)c(OCC2(CO)COC2)c1C. The molecule has 1 saturated heterocycles. The third-order valence-corrected chi connectivity index (χ3v) is 3.55. The molecule has 3 heteroatoms. The zero-order chi connectivity index (χ0) is 12.5. The quantitative estimate of drug-likeness (QED) is 0.869. The molecule has 0 saturated carbocycles. The van der Waals surface area contributed by atoms with Gasteiger partial charge in [-0.15, -0.1) is 0 Å². The smallest absolute Gasteiger partial charge is 0.125 e. The maximum atomic E-state index is 9.35. The maximum Gasteiger partial charge on any atom is 0.125 e. The lowest BCUT2D eigenvalue weighted by atomic mass is 9.88. The second-order valence-electron chi connectivity index (χ2n) is 5.09. The zero-order valence-electron chi connectivity index (χ0n) is 10.7. The van der Waals surface area contributed by atoms with Gasteiger partial charge in [0.2, 0.25) is 0 Å². The van der Waals surface area contributed by atoms with Crippen LogP contribution in [0.1, 0.15) is 16.7 Å². The number of aryl methyl sites for hydroxylation is 2. The van der Waals surface area contributed by atoms with Crippen LogP contribution in [0.2, 0.25) is 0 Å². The van der Waals surface area contributed by atoms with Crippen LogP contribution in [0.15, 0.2) is 12.1 Å². The predicted molar refractivity (Wildman–Crippen MR) is 66.5 cm³/mol. The summed E-state index contributed by atoms with van der Waals surface area (Å²) in [5, 5.41) is 9.35. The summed E-state index contributed by atoms with van der Waals surface area (Å²) >= 11 is 0. The average Bonchev–Trinajstić information content (AvgIpc) is 2.27. The van der Waals surface area contributed by atoms with Gasteiger partial charge in [0.1, 0.15) is 12.4 Å². The molecule has 0 atom stereocenters. The molecule has 3 nitrogen and oxygen atoms in total. The summed E-state index contributed by atoms with van der Waals surface area (Å²) in [5.74, 6) is 0.949. The molecular weight excluding hydrogens is 216 g/mol. The Labute approximate surface area is 102 Å². The van der Waals surface area contributed by atoms with Gasteiger partial charge in [0.15, 0.2) is 0 Å². The molecule has 17 heavy (non-hydrogen) atoms.